The zero-order valence-corrected chi connectivity index (χ0v) is 18.4. The molecular formula is C20H18Br2N2O4. The van der Waals surface area contributed by atoms with Gasteiger partial charge in [0.05, 0.1) is 17.6 Å². The first-order chi connectivity index (χ1) is 13.3. The monoisotopic (exact) mass is 508 g/mol. The molecule has 1 heterocycles. The minimum absolute atomic E-state index is 0.0428. The van der Waals surface area contributed by atoms with Gasteiger partial charge in [-0.25, -0.2) is 4.79 Å². The van der Waals surface area contributed by atoms with Crippen LogP contribution in [0.1, 0.15) is 23.6 Å². The standard InChI is InChI=1S/C20H18Br2N2O4/c1-3-28-15-9-13(16(21)17(22)18(15)25)8-14-19(26)24(20(27)23-14)10-12-6-4-5-11(2)7-12/h4-9,25H,3,10H2,1-2H3,(H,23,27)/b14-8+. The highest BCUT2D eigenvalue weighted by atomic mass is 79.9. The highest BCUT2D eigenvalue weighted by Crippen LogP contribution is 2.42. The Morgan fingerprint density at radius 1 is 1.21 bits per heavy atom. The van der Waals surface area contributed by atoms with Gasteiger partial charge in [-0.15, -0.1) is 0 Å². The van der Waals surface area contributed by atoms with Crippen LogP contribution in [0.15, 0.2) is 45.0 Å². The molecule has 3 rings (SSSR count). The molecule has 0 bridgehead atoms. The SMILES string of the molecule is CCOc1cc(/C=C2/NC(=O)N(Cc3cccc(C)c3)C2=O)c(Br)c(Br)c1O. The topological polar surface area (TPSA) is 78.9 Å². The number of halogens is 2. The van der Waals surface area contributed by atoms with E-state index in [0.29, 0.717) is 21.1 Å². The number of phenols is 1. The minimum Gasteiger partial charge on any atom is -0.503 e. The lowest BCUT2D eigenvalue weighted by atomic mass is 10.1. The number of phenolic OH excluding ortho intramolecular Hbond substituents is 1. The number of urea groups is 1. The summed E-state index contributed by atoms with van der Waals surface area (Å²) in [6.07, 6.45) is 1.55. The second-order valence-electron chi connectivity index (χ2n) is 6.24. The highest BCUT2D eigenvalue weighted by molar-refractivity contribution is 9.13. The molecule has 0 radical (unpaired) electrons. The Morgan fingerprint density at radius 2 is 1.96 bits per heavy atom. The first-order valence-corrected chi connectivity index (χ1v) is 10.1. The van der Waals surface area contributed by atoms with Crippen molar-refractivity contribution in [3.05, 3.63) is 61.7 Å². The molecular weight excluding hydrogens is 492 g/mol. The number of carbonyl (C=O) groups is 2. The number of amides is 3. The second-order valence-corrected chi connectivity index (χ2v) is 7.83. The number of rotatable bonds is 5. The Kier molecular flexibility index (Phi) is 6.10. The number of aryl methyl sites for hydroxylation is 1. The molecule has 8 heteroatoms. The van der Waals surface area contributed by atoms with E-state index in [9.17, 15) is 14.7 Å². The Morgan fingerprint density at radius 3 is 2.64 bits per heavy atom. The van der Waals surface area contributed by atoms with Crippen LogP contribution in [0.2, 0.25) is 0 Å². The highest BCUT2D eigenvalue weighted by Gasteiger charge is 2.33. The predicted molar refractivity (Wildman–Crippen MR) is 113 cm³/mol. The summed E-state index contributed by atoms with van der Waals surface area (Å²) in [5.74, 6) is -0.183. The molecule has 0 atom stereocenters. The third-order valence-electron chi connectivity index (χ3n) is 4.16. The van der Waals surface area contributed by atoms with Gasteiger partial charge in [0, 0.05) is 4.47 Å². The van der Waals surface area contributed by atoms with Crippen molar-refractivity contribution in [1.29, 1.82) is 0 Å². The molecule has 28 heavy (non-hydrogen) atoms. The van der Waals surface area contributed by atoms with Gasteiger partial charge in [-0.05, 0) is 69.0 Å². The van der Waals surface area contributed by atoms with Gasteiger partial charge >= 0.3 is 6.03 Å². The number of ether oxygens (including phenoxy) is 1. The normalized spacial score (nSPS) is 15.3. The molecule has 0 spiro atoms. The van der Waals surface area contributed by atoms with Crippen LogP contribution >= 0.6 is 31.9 Å². The molecule has 1 aliphatic heterocycles. The van der Waals surface area contributed by atoms with Gasteiger partial charge in [0.25, 0.3) is 5.91 Å². The van der Waals surface area contributed by atoms with E-state index in [0.717, 1.165) is 16.0 Å². The van der Waals surface area contributed by atoms with Gasteiger partial charge in [-0.3, -0.25) is 9.69 Å². The number of hydrogen-bond acceptors (Lipinski definition) is 4. The van der Waals surface area contributed by atoms with Crippen LogP contribution in [0.25, 0.3) is 6.08 Å². The summed E-state index contributed by atoms with van der Waals surface area (Å²) >= 11 is 6.69. The Labute approximate surface area is 179 Å². The molecule has 2 aromatic rings. The molecule has 3 amide bonds. The molecule has 146 valence electrons. The smallest absolute Gasteiger partial charge is 0.329 e. The molecule has 2 N–H and O–H groups in total. The lowest BCUT2D eigenvalue weighted by Gasteiger charge is -2.12. The summed E-state index contributed by atoms with van der Waals surface area (Å²) < 4.78 is 6.37. The first-order valence-electron chi connectivity index (χ1n) is 8.55. The van der Waals surface area contributed by atoms with E-state index in [1.165, 1.54) is 0 Å². The van der Waals surface area contributed by atoms with Crippen molar-refractivity contribution in [2.45, 2.75) is 20.4 Å². The van der Waals surface area contributed by atoms with Gasteiger partial charge in [0.2, 0.25) is 0 Å². The summed E-state index contributed by atoms with van der Waals surface area (Å²) in [4.78, 5) is 26.2. The second kappa shape index (κ2) is 8.36. The number of carbonyl (C=O) groups excluding carboxylic acids is 2. The van der Waals surface area contributed by atoms with E-state index in [1.54, 1.807) is 19.1 Å². The Bertz CT molecular complexity index is 988. The zero-order valence-electron chi connectivity index (χ0n) is 15.3. The fraction of sp³-hybridized carbons (Fsp3) is 0.200. The van der Waals surface area contributed by atoms with Crippen LogP contribution in [0.3, 0.4) is 0 Å². The van der Waals surface area contributed by atoms with E-state index < -0.39 is 11.9 Å². The van der Waals surface area contributed by atoms with Crippen LogP contribution in [0.4, 0.5) is 4.79 Å². The molecule has 1 aliphatic rings. The van der Waals surface area contributed by atoms with Crippen molar-refractivity contribution in [1.82, 2.24) is 10.2 Å². The summed E-state index contributed by atoms with van der Waals surface area (Å²) in [5.41, 5.74) is 2.66. The fourth-order valence-corrected chi connectivity index (χ4v) is 3.69. The maximum absolute atomic E-state index is 12.8. The summed E-state index contributed by atoms with van der Waals surface area (Å²) in [6.45, 7) is 4.32. The van der Waals surface area contributed by atoms with E-state index in [1.807, 2.05) is 31.2 Å². The Balaban J connectivity index is 1.91. The lowest BCUT2D eigenvalue weighted by molar-refractivity contribution is -0.123. The first kappa shape index (κ1) is 20.4. The van der Waals surface area contributed by atoms with Crippen LogP contribution in [-0.2, 0) is 11.3 Å². The van der Waals surface area contributed by atoms with E-state index >= 15 is 0 Å². The summed E-state index contributed by atoms with van der Waals surface area (Å²) in [5, 5.41) is 12.8. The molecule has 6 nitrogen and oxygen atoms in total. The van der Waals surface area contributed by atoms with Gasteiger partial charge in [0.1, 0.15) is 5.70 Å². The van der Waals surface area contributed by atoms with Crippen molar-refractivity contribution in [3.63, 3.8) is 0 Å². The van der Waals surface area contributed by atoms with Crippen molar-refractivity contribution < 1.29 is 19.4 Å². The average molecular weight is 510 g/mol. The molecule has 1 saturated heterocycles. The van der Waals surface area contributed by atoms with Gasteiger partial charge in [0.15, 0.2) is 11.5 Å². The van der Waals surface area contributed by atoms with Gasteiger partial charge < -0.3 is 15.2 Å². The number of nitrogens with zero attached hydrogens (tertiary/aromatic N) is 1. The van der Waals surface area contributed by atoms with Gasteiger partial charge in [-0.2, -0.15) is 0 Å². The fourth-order valence-electron chi connectivity index (χ4n) is 2.85. The van der Waals surface area contributed by atoms with Crippen molar-refractivity contribution in [3.8, 4) is 11.5 Å². The molecule has 2 aromatic carbocycles. The quantitative estimate of drug-likeness (QED) is 0.451. The van der Waals surface area contributed by atoms with Gasteiger partial charge in [-0.1, -0.05) is 29.8 Å². The number of hydrogen-bond donors (Lipinski definition) is 2. The van der Waals surface area contributed by atoms with E-state index in [4.69, 9.17) is 4.74 Å². The third-order valence-corrected chi connectivity index (χ3v) is 6.32. The maximum atomic E-state index is 12.8. The van der Waals surface area contributed by atoms with E-state index in [-0.39, 0.29) is 23.7 Å². The largest absolute Gasteiger partial charge is 0.503 e. The van der Waals surface area contributed by atoms with Crippen molar-refractivity contribution in [2.75, 3.05) is 6.61 Å². The van der Waals surface area contributed by atoms with Crippen LogP contribution in [-0.4, -0.2) is 28.6 Å². The zero-order chi connectivity index (χ0) is 20.4. The van der Waals surface area contributed by atoms with Crippen molar-refractivity contribution >= 4 is 49.9 Å². The molecule has 0 saturated carbocycles. The van der Waals surface area contributed by atoms with Crippen LogP contribution in [0, 0.1) is 6.92 Å². The third kappa shape index (κ3) is 4.07. The number of benzene rings is 2. The number of imide groups is 1. The molecule has 1 fully saturated rings. The molecule has 0 aromatic heterocycles. The van der Waals surface area contributed by atoms with Crippen LogP contribution in [0.5, 0.6) is 11.5 Å². The lowest BCUT2D eigenvalue weighted by Crippen LogP contribution is -2.30. The number of nitrogens with one attached hydrogen (secondary N) is 1. The molecule has 0 unspecified atom stereocenters. The van der Waals surface area contributed by atoms with E-state index in [2.05, 4.69) is 37.2 Å². The maximum Gasteiger partial charge on any atom is 0.329 e. The molecule has 0 aliphatic carbocycles. The summed E-state index contributed by atoms with van der Waals surface area (Å²) in [7, 11) is 0. The number of aromatic hydroxyl groups is 1. The average Bonchev–Trinajstić information content (AvgIpc) is 2.91. The Hall–Kier alpha value is -2.32. The summed E-state index contributed by atoms with van der Waals surface area (Å²) in [6, 6.07) is 8.78. The minimum atomic E-state index is -0.475. The van der Waals surface area contributed by atoms with Crippen molar-refractivity contribution in [2.24, 2.45) is 0 Å². The van der Waals surface area contributed by atoms with Crippen LogP contribution < -0.4 is 10.1 Å². The predicted octanol–water partition coefficient (Wildman–Crippen LogP) is 4.72.